The smallest absolute Gasteiger partial charge is 0.243 e. The summed E-state index contributed by atoms with van der Waals surface area (Å²) in [4.78, 5) is 14.9. The number of amides is 1. The Bertz CT molecular complexity index is 1020. The van der Waals surface area contributed by atoms with Gasteiger partial charge in [-0.15, -0.1) is 0 Å². The van der Waals surface area contributed by atoms with Crippen LogP contribution in [0.25, 0.3) is 0 Å². The Labute approximate surface area is 190 Å². The molecule has 1 N–H and O–H groups in total. The van der Waals surface area contributed by atoms with E-state index in [1.54, 1.807) is 36.4 Å². The van der Waals surface area contributed by atoms with Crippen molar-refractivity contribution < 1.29 is 13.2 Å². The summed E-state index contributed by atoms with van der Waals surface area (Å²) >= 11 is 5.97. The molecule has 0 unspecified atom stereocenters. The van der Waals surface area contributed by atoms with Crippen LogP contribution in [0.3, 0.4) is 0 Å². The van der Waals surface area contributed by atoms with E-state index in [2.05, 4.69) is 26.1 Å². The fourth-order valence-corrected chi connectivity index (χ4v) is 5.20. The molecule has 1 atom stereocenters. The van der Waals surface area contributed by atoms with Gasteiger partial charge in [0.15, 0.2) is 0 Å². The number of carbonyl (C=O) groups excluding carboxylic acids is 1. The molecule has 8 heteroatoms. The zero-order valence-corrected chi connectivity index (χ0v) is 20.0. The Morgan fingerprint density at radius 3 is 2.19 bits per heavy atom. The highest BCUT2D eigenvalue weighted by molar-refractivity contribution is 7.89. The van der Waals surface area contributed by atoms with E-state index in [4.69, 9.17) is 11.6 Å². The van der Waals surface area contributed by atoms with E-state index >= 15 is 0 Å². The first-order chi connectivity index (χ1) is 14.5. The Balaban J connectivity index is 1.61. The summed E-state index contributed by atoms with van der Waals surface area (Å²) in [5.41, 5.74) is 1.70. The van der Waals surface area contributed by atoms with E-state index in [1.165, 1.54) is 4.31 Å². The van der Waals surface area contributed by atoms with Gasteiger partial charge in [-0.3, -0.25) is 9.69 Å². The van der Waals surface area contributed by atoms with Crippen LogP contribution in [-0.2, 0) is 20.2 Å². The molecule has 3 rings (SSSR count). The van der Waals surface area contributed by atoms with Gasteiger partial charge in [0.25, 0.3) is 0 Å². The quantitative estimate of drug-likeness (QED) is 0.728. The number of sulfonamides is 1. The van der Waals surface area contributed by atoms with Gasteiger partial charge in [0.2, 0.25) is 15.9 Å². The van der Waals surface area contributed by atoms with Gasteiger partial charge in [-0.05, 0) is 48.2 Å². The van der Waals surface area contributed by atoms with Gasteiger partial charge in [0, 0.05) is 36.9 Å². The van der Waals surface area contributed by atoms with Crippen molar-refractivity contribution in [3.8, 4) is 0 Å². The lowest BCUT2D eigenvalue weighted by Gasteiger charge is -2.36. The predicted molar refractivity (Wildman–Crippen MR) is 125 cm³/mol. The van der Waals surface area contributed by atoms with Crippen LogP contribution >= 0.6 is 11.6 Å². The molecule has 0 aliphatic carbocycles. The average molecular weight is 464 g/mol. The highest BCUT2D eigenvalue weighted by Gasteiger charge is 2.32. The van der Waals surface area contributed by atoms with Crippen LogP contribution in [0.15, 0.2) is 53.4 Å². The summed E-state index contributed by atoms with van der Waals surface area (Å²) in [6, 6.07) is 13.8. The number of hydrogen-bond donors (Lipinski definition) is 1. The van der Waals surface area contributed by atoms with E-state index in [-0.39, 0.29) is 17.4 Å². The van der Waals surface area contributed by atoms with Crippen LogP contribution < -0.4 is 5.32 Å². The van der Waals surface area contributed by atoms with Crippen LogP contribution in [0.1, 0.15) is 33.3 Å². The van der Waals surface area contributed by atoms with Crippen LogP contribution in [0, 0.1) is 0 Å². The highest BCUT2D eigenvalue weighted by atomic mass is 35.5. The summed E-state index contributed by atoms with van der Waals surface area (Å²) in [5.74, 6) is -0.142. The lowest BCUT2D eigenvalue weighted by atomic mass is 9.87. The summed E-state index contributed by atoms with van der Waals surface area (Å²) in [6.45, 7) is 9.79. The fourth-order valence-electron chi connectivity index (χ4n) is 3.59. The number of anilines is 1. The van der Waals surface area contributed by atoms with Crippen LogP contribution in [-0.4, -0.2) is 55.8 Å². The van der Waals surface area contributed by atoms with Crippen molar-refractivity contribution in [3.05, 3.63) is 59.1 Å². The van der Waals surface area contributed by atoms with Gasteiger partial charge in [-0.25, -0.2) is 8.42 Å². The molecule has 2 aromatic rings. The maximum absolute atomic E-state index is 13.0. The molecule has 1 fully saturated rings. The molecule has 1 aliphatic heterocycles. The molecule has 168 valence electrons. The summed E-state index contributed by atoms with van der Waals surface area (Å²) in [5, 5.41) is 3.42. The molecule has 1 aliphatic rings. The normalized spacial score (nSPS) is 17.3. The topological polar surface area (TPSA) is 69.7 Å². The second-order valence-electron chi connectivity index (χ2n) is 8.89. The molecule has 0 bridgehead atoms. The maximum Gasteiger partial charge on any atom is 0.243 e. The molecule has 6 nitrogen and oxygen atoms in total. The number of piperazine rings is 1. The lowest BCUT2D eigenvalue weighted by Crippen LogP contribution is -2.53. The van der Waals surface area contributed by atoms with E-state index < -0.39 is 10.0 Å². The Kier molecular flexibility index (Phi) is 7.11. The molecular weight excluding hydrogens is 434 g/mol. The number of nitrogens with one attached hydrogen (secondary N) is 1. The molecule has 0 aromatic heterocycles. The first-order valence-corrected chi connectivity index (χ1v) is 12.2. The number of nitrogens with zero attached hydrogens (tertiary/aromatic N) is 2. The molecular formula is C23H30ClN3O3S. The van der Waals surface area contributed by atoms with Gasteiger partial charge in [0.1, 0.15) is 0 Å². The molecule has 1 amide bonds. The van der Waals surface area contributed by atoms with Crippen molar-refractivity contribution in [2.75, 3.05) is 31.5 Å². The van der Waals surface area contributed by atoms with Gasteiger partial charge in [0.05, 0.1) is 10.9 Å². The molecule has 2 aromatic carbocycles. The minimum atomic E-state index is -3.56. The van der Waals surface area contributed by atoms with Gasteiger partial charge < -0.3 is 5.32 Å². The standard InChI is InChI=1S/C23H30ClN3O3S/c1-17(22(28)25-20-7-5-6-19(24)16-20)26-12-14-27(15-13-26)31(29,30)21-10-8-18(9-11-21)23(2,3)4/h5-11,16-17H,12-15H2,1-4H3,(H,25,28)/t17-/m0/s1. The van der Waals surface area contributed by atoms with Crippen molar-refractivity contribution >= 4 is 33.2 Å². The zero-order chi connectivity index (χ0) is 22.8. The third-order valence-corrected chi connectivity index (χ3v) is 7.80. The first-order valence-electron chi connectivity index (χ1n) is 10.4. The summed E-state index contributed by atoms with van der Waals surface area (Å²) in [7, 11) is -3.56. The van der Waals surface area contributed by atoms with Crippen molar-refractivity contribution in [3.63, 3.8) is 0 Å². The zero-order valence-electron chi connectivity index (χ0n) is 18.4. The predicted octanol–water partition coefficient (Wildman–Crippen LogP) is 3.97. The Morgan fingerprint density at radius 1 is 1.03 bits per heavy atom. The molecule has 1 heterocycles. The first kappa shape index (κ1) is 23.7. The molecule has 0 spiro atoms. The monoisotopic (exact) mass is 463 g/mol. The van der Waals surface area contributed by atoms with Gasteiger partial charge >= 0.3 is 0 Å². The lowest BCUT2D eigenvalue weighted by molar-refractivity contribution is -0.121. The number of rotatable bonds is 5. The van der Waals surface area contributed by atoms with Crippen LogP contribution in [0.4, 0.5) is 5.69 Å². The molecule has 1 saturated heterocycles. The second-order valence-corrected chi connectivity index (χ2v) is 11.3. The average Bonchev–Trinajstić information content (AvgIpc) is 2.73. The van der Waals surface area contributed by atoms with Crippen molar-refractivity contribution in [2.45, 2.75) is 44.0 Å². The van der Waals surface area contributed by atoms with Gasteiger partial charge in [-0.2, -0.15) is 4.31 Å². The third-order valence-electron chi connectivity index (χ3n) is 5.65. The van der Waals surface area contributed by atoms with E-state index in [1.807, 2.05) is 24.0 Å². The van der Waals surface area contributed by atoms with Crippen molar-refractivity contribution in [1.29, 1.82) is 0 Å². The number of carbonyl (C=O) groups is 1. The second kappa shape index (κ2) is 9.28. The molecule has 0 saturated carbocycles. The Morgan fingerprint density at radius 2 is 1.65 bits per heavy atom. The Hall–Kier alpha value is -1.93. The summed E-state index contributed by atoms with van der Waals surface area (Å²) < 4.78 is 27.6. The minimum absolute atomic E-state index is 0.0320. The molecule has 0 radical (unpaired) electrons. The number of benzene rings is 2. The SMILES string of the molecule is C[C@@H](C(=O)Nc1cccc(Cl)c1)N1CCN(S(=O)(=O)c2ccc(C(C)(C)C)cc2)CC1. The minimum Gasteiger partial charge on any atom is -0.325 e. The van der Waals surface area contributed by atoms with Crippen LogP contribution in [0.5, 0.6) is 0 Å². The molecule has 31 heavy (non-hydrogen) atoms. The largest absolute Gasteiger partial charge is 0.325 e. The fraction of sp³-hybridized carbons (Fsp3) is 0.435. The van der Waals surface area contributed by atoms with Crippen LogP contribution in [0.2, 0.25) is 5.02 Å². The summed E-state index contributed by atoms with van der Waals surface area (Å²) in [6.07, 6.45) is 0. The number of hydrogen-bond acceptors (Lipinski definition) is 4. The number of halogens is 1. The third kappa shape index (κ3) is 5.66. The van der Waals surface area contributed by atoms with E-state index in [0.29, 0.717) is 41.8 Å². The van der Waals surface area contributed by atoms with Crippen molar-refractivity contribution in [2.24, 2.45) is 0 Å². The van der Waals surface area contributed by atoms with E-state index in [0.717, 1.165) is 5.56 Å². The maximum atomic E-state index is 13.0. The highest BCUT2D eigenvalue weighted by Crippen LogP contribution is 2.25. The van der Waals surface area contributed by atoms with Gasteiger partial charge in [-0.1, -0.05) is 50.6 Å². The van der Waals surface area contributed by atoms with Crippen molar-refractivity contribution in [1.82, 2.24) is 9.21 Å². The van der Waals surface area contributed by atoms with E-state index in [9.17, 15) is 13.2 Å².